The van der Waals surface area contributed by atoms with Gasteiger partial charge in [0.15, 0.2) is 10.9 Å². The Kier molecular flexibility index (Phi) is 7.03. The van der Waals surface area contributed by atoms with Crippen molar-refractivity contribution in [3.8, 4) is 5.69 Å². The Bertz CT molecular complexity index is 1260. The number of rotatable bonds is 8. The molecule has 0 saturated carbocycles. The number of ether oxygens (including phenoxy) is 1. The molecule has 0 spiro atoms. The molecule has 2 aromatic heterocycles. The third-order valence-electron chi connectivity index (χ3n) is 5.67. The molecule has 3 heterocycles. The van der Waals surface area contributed by atoms with Crippen LogP contribution >= 0.6 is 11.8 Å². The van der Waals surface area contributed by atoms with Crippen molar-refractivity contribution in [3.63, 3.8) is 0 Å². The zero-order valence-electron chi connectivity index (χ0n) is 18.9. The van der Waals surface area contributed by atoms with Crippen molar-refractivity contribution in [3.05, 3.63) is 53.6 Å². The van der Waals surface area contributed by atoms with Crippen molar-refractivity contribution in [1.82, 2.24) is 23.6 Å². The van der Waals surface area contributed by atoms with E-state index in [9.17, 15) is 13.2 Å². The molecule has 1 aromatic carbocycles. The lowest BCUT2D eigenvalue weighted by Crippen LogP contribution is -2.40. The molecule has 3 aromatic rings. The van der Waals surface area contributed by atoms with Gasteiger partial charge in [0.2, 0.25) is 10.0 Å². The smallest absolute Gasteiger partial charge is 0.243 e. The zero-order chi connectivity index (χ0) is 23.6. The molecule has 0 bridgehead atoms. The topological polar surface area (TPSA) is 99.3 Å². The molecule has 0 radical (unpaired) electrons. The lowest BCUT2D eigenvalue weighted by atomic mass is 10.2. The van der Waals surface area contributed by atoms with E-state index >= 15 is 0 Å². The third kappa shape index (κ3) is 4.77. The summed E-state index contributed by atoms with van der Waals surface area (Å²) in [7, 11) is -3.61. The molecule has 0 unspecified atom stereocenters. The number of aryl methyl sites for hydroxylation is 2. The largest absolute Gasteiger partial charge is 0.379 e. The van der Waals surface area contributed by atoms with E-state index in [0.29, 0.717) is 42.7 Å². The number of aromatic nitrogens is 4. The summed E-state index contributed by atoms with van der Waals surface area (Å²) in [6.07, 6.45) is 1.65. The van der Waals surface area contributed by atoms with Gasteiger partial charge in [0.25, 0.3) is 0 Å². The van der Waals surface area contributed by atoms with Crippen molar-refractivity contribution >= 4 is 27.6 Å². The molecule has 4 rings (SSSR count). The van der Waals surface area contributed by atoms with E-state index < -0.39 is 10.0 Å². The Balaban J connectivity index is 1.59. The van der Waals surface area contributed by atoms with Gasteiger partial charge in [-0.1, -0.05) is 17.8 Å². The molecule has 176 valence electrons. The quantitative estimate of drug-likeness (QED) is 0.354. The average molecular weight is 490 g/mol. The predicted octanol–water partition coefficient (Wildman–Crippen LogP) is 2.70. The minimum absolute atomic E-state index is 0.0119. The summed E-state index contributed by atoms with van der Waals surface area (Å²) in [4.78, 5) is 13.2. The Morgan fingerprint density at radius 1 is 1.18 bits per heavy atom. The maximum absolute atomic E-state index is 13.1. The van der Waals surface area contributed by atoms with Crippen molar-refractivity contribution in [2.45, 2.75) is 37.4 Å². The van der Waals surface area contributed by atoms with Gasteiger partial charge in [-0.2, -0.15) is 4.31 Å². The number of Topliss-reactive ketones (excluding diaryl/α,β-unsaturated/α-hetero) is 1. The maximum Gasteiger partial charge on any atom is 0.243 e. The molecule has 9 nitrogen and oxygen atoms in total. The van der Waals surface area contributed by atoms with E-state index in [1.807, 2.05) is 42.0 Å². The van der Waals surface area contributed by atoms with Crippen molar-refractivity contribution in [1.29, 1.82) is 0 Å². The highest BCUT2D eigenvalue weighted by Gasteiger charge is 2.27. The van der Waals surface area contributed by atoms with E-state index in [1.165, 1.54) is 16.1 Å². The van der Waals surface area contributed by atoms with E-state index in [-0.39, 0.29) is 16.4 Å². The van der Waals surface area contributed by atoms with E-state index in [1.54, 1.807) is 24.5 Å². The van der Waals surface area contributed by atoms with Gasteiger partial charge in [0, 0.05) is 42.3 Å². The summed E-state index contributed by atoms with van der Waals surface area (Å²) in [5.41, 5.74) is 2.95. The standard InChI is InChI=1S/C22H27N5O4S2/c1-4-25-15-23-24-22(25)32-14-21(28)20-12-16(2)27(17(20)3)18-6-5-7-19(13-18)33(29,30)26-8-10-31-11-9-26/h5-7,12-13,15H,4,8-11,14H2,1-3H3. The molecular weight excluding hydrogens is 462 g/mol. The van der Waals surface area contributed by atoms with Crippen LogP contribution in [-0.2, 0) is 21.3 Å². The van der Waals surface area contributed by atoms with Crippen LogP contribution in [0.5, 0.6) is 0 Å². The first-order valence-electron chi connectivity index (χ1n) is 10.7. The van der Waals surface area contributed by atoms with Gasteiger partial charge in [-0.3, -0.25) is 4.79 Å². The number of carbonyl (C=O) groups excluding carboxylic acids is 1. The number of hydrogen-bond acceptors (Lipinski definition) is 7. The highest BCUT2D eigenvalue weighted by atomic mass is 32.2. The SMILES string of the molecule is CCn1cnnc1SCC(=O)c1cc(C)n(-c2cccc(S(=O)(=O)N3CCOCC3)c2)c1C. The van der Waals surface area contributed by atoms with Crippen molar-refractivity contribution in [2.75, 3.05) is 32.1 Å². The molecule has 0 N–H and O–H groups in total. The molecule has 0 amide bonds. The predicted molar refractivity (Wildman–Crippen MR) is 126 cm³/mol. The summed E-state index contributed by atoms with van der Waals surface area (Å²) in [6.45, 7) is 8.00. The fraction of sp³-hybridized carbons (Fsp3) is 0.409. The molecule has 1 fully saturated rings. The second kappa shape index (κ2) is 9.80. The number of hydrogen-bond donors (Lipinski definition) is 0. The summed E-state index contributed by atoms with van der Waals surface area (Å²) in [5.74, 6) is 0.233. The average Bonchev–Trinajstić information content (AvgIpc) is 3.41. The lowest BCUT2D eigenvalue weighted by Gasteiger charge is -2.26. The van der Waals surface area contributed by atoms with Gasteiger partial charge in [-0.15, -0.1) is 10.2 Å². The highest BCUT2D eigenvalue weighted by molar-refractivity contribution is 7.99. The molecule has 33 heavy (non-hydrogen) atoms. The van der Waals surface area contributed by atoms with Crippen LogP contribution in [0.3, 0.4) is 0 Å². The van der Waals surface area contributed by atoms with Crippen LogP contribution in [0.25, 0.3) is 5.69 Å². The normalized spacial score (nSPS) is 15.1. The number of thioether (sulfide) groups is 1. The second-order valence-electron chi connectivity index (χ2n) is 7.75. The molecule has 1 aliphatic rings. The van der Waals surface area contributed by atoms with Gasteiger partial charge in [0.05, 0.1) is 23.9 Å². The monoisotopic (exact) mass is 489 g/mol. The third-order valence-corrected chi connectivity index (χ3v) is 8.54. The van der Waals surface area contributed by atoms with E-state index in [0.717, 1.165) is 17.9 Å². The zero-order valence-corrected chi connectivity index (χ0v) is 20.5. The number of nitrogens with zero attached hydrogens (tertiary/aromatic N) is 5. The number of morpholine rings is 1. The Morgan fingerprint density at radius 2 is 1.94 bits per heavy atom. The van der Waals surface area contributed by atoms with Crippen LogP contribution in [0.2, 0.25) is 0 Å². The molecule has 0 aliphatic carbocycles. The van der Waals surface area contributed by atoms with Gasteiger partial charge < -0.3 is 13.9 Å². The van der Waals surface area contributed by atoms with Crippen LogP contribution in [0.4, 0.5) is 0 Å². The minimum Gasteiger partial charge on any atom is -0.379 e. The molecule has 11 heteroatoms. The number of carbonyl (C=O) groups is 1. The molecule has 1 saturated heterocycles. The summed E-state index contributed by atoms with van der Waals surface area (Å²) in [5, 5.41) is 8.67. The first-order chi connectivity index (χ1) is 15.8. The number of sulfonamides is 1. The van der Waals surface area contributed by atoms with E-state index in [4.69, 9.17) is 4.74 Å². The van der Waals surface area contributed by atoms with Crippen LogP contribution in [0, 0.1) is 13.8 Å². The Morgan fingerprint density at radius 3 is 2.67 bits per heavy atom. The van der Waals surface area contributed by atoms with Crippen LogP contribution in [0.1, 0.15) is 28.7 Å². The van der Waals surface area contributed by atoms with Crippen LogP contribution < -0.4 is 0 Å². The summed E-state index contributed by atoms with van der Waals surface area (Å²) < 4.78 is 36.7. The molecular formula is C22H27N5O4S2. The Hall–Kier alpha value is -2.47. The number of benzene rings is 1. The Labute approximate surface area is 197 Å². The van der Waals surface area contributed by atoms with E-state index in [2.05, 4.69) is 10.2 Å². The first-order valence-corrected chi connectivity index (χ1v) is 13.2. The van der Waals surface area contributed by atoms with Crippen molar-refractivity contribution in [2.24, 2.45) is 0 Å². The molecule has 0 atom stereocenters. The summed E-state index contributed by atoms with van der Waals surface area (Å²) in [6, 6.07) is 8.71. The fourth-order valence-corrected chi connectivity index (χ4v) is 6.25. The van der Waals surface area contributed by atoms with Gasteiger partial charge in [-0.25, -0.2) is 8.42 Å². The van der Waals surface area contributed by atoms with Crippen molar-refractivity contribution < 1.29 is 17.9 Å². The van der Waals surface area contributed by atoms with Crippen LogP contribution in [-0.4, -0.2) is 69.9 Å². The van der Waals surface area contributed by atoms with Gasteiger partial charge >= 0.3 is 0 Å². The maximum atomic E-state index is 13.1. The lowest BCUT2D eigenvalue weighted by molar-refractivity contribution is 0.0730. The van der Waals surface area contributed by atoms with Gasteiger partial charge in [0.1, 0.15) is 6.33 Å². The first kappa shape index (κ1) is 23.7. The minimum atomic E-state index is -3.61. The highest BCUT2D eigenvalue weighted by Crippen LogP contribution is 2.26. The molecule has 1 aliphatic heterocycles. The van der Waals surface area contributed by atoms with Crippen LogP contribution in [0.15, 0.2) is 46.7 Å². The van der Waals surface area contributed by atoms with Gasteiger partial charge in [-0.05, 0) is 45.0 Å². The summed E-state index contributed by atoms with van der Waals surface area (Å²) >= 11 is 1.36. The fourth-order valence-electron chi connectivity index (χ4n) is 3.94. The second-order valence-corrected chi connectivity index (χ2v) is 10.6. The number of ketones is 1.